The van der Waals surface area contributed by atoms with Crippen molar-refractivity contribution in [1.29, 1.82) is 0 Å². The first kappa shape index (κ1) is 18.5. The molecule has 0 aliphatic rings. The van der Waals surface area contributed by atoms with Crippen LogP contribution >= 0.6 is 34.8 Å². The fraction of sp³-hybridized carbons (Fsp3) is 0.0556. The molecule has 0 spiro atoms. The molecule has 0 unspecified atom stereocenters. The number of para-hydroxylation sites is 1. The van der Waals surface area contributed by atoms with Gasteiger partial charge in [0.1, 0.15) is 5.15 Å². The zero-order chi connectivity index (χ0) is 18.7. The highest BCUT2D eigenvalue weighted by molar-refractivity contribution is 6.34. The van der Waals surface area contributed by atoms with Gasteiger partial charge >= 0.3 is 0 Å². The second kappa shape index (κ2) is 7.91. The Morgan fingerprint density at radius 1 is 1.08 bits per heavy atom. The topological polar surface area (TPSA) is 59.3 Å². The van der Waals surface area contributed by atoms with Gasteiger partial charge in [-0.25, -0.2) is 10.1 Å². The van der Waals surface area contributed by atoms with Gasteiger partial charge in [-0.3, -0.25) is 4.79 Å². The zero-order valence-corrected chi connectivity index (χ0v) is 15.8. The first-order valence-electron chi connectivity index (χ1n) is 7.57. The molecule has 3 rings (SSSR count). The van der Waals surface area contributed by atoms with Crippen molar-refractivity contribution in [2.24, 2.45) is 5.10 Å². The van der Waals surface area contributed by atoms with Crippen molar-refractivity contribution < 1.29 is 4.79 Å². The van der Waals surface area contributed by atoms with Crippen molar-refractivity contribution in [3.8, 4) is 5.69 Å². The number of carbonyl (C=O) groups excluding carboxylic acids is 1. The number of aromatic nitrogens is 2. The van der Waals surface area contributed by atoms with Crippen molar-refractivity contribution in [3.05, 3.63) is 80.6 Å². The van der Waals surface area contributed by atoms with Crippen LogP contribution < -0.4 is 5.43 Å². The number of hydrazone groups is 1. The average Bonchev–Trinajstić information content (AvgIpc) is 2.90. The fourth-order valence-corrected chi connectivity index (χ4v) is 3.05. The molecule has 1 N–H and O–H groups in total. The molecule has 1 amide bonds. The van der Waals surface area contributed by atoms with E-state index in [2.05, 4.69) is 15.6 Å². The molecule has 1 aromatic heterocycles. The van der Waals surface area contributed by atoms with Gasteiger partial charge in [0.15, 0.2) is 0 Å². The van der Waals surface area contributed by atoms with E-state index in [4.69, 9.17) is 34.8 Å². The van der Waals surface area contributed by atoms with Crippen molar-refractivity contribution in [2.45, 2.75) is 6.92 Å². The third-order valence-corrected chi connectivity index (χ3v) is 4.62. The number of carbonyl (C=O) groups is 1. The summed E-state index contributed by atoms with van der Waals surface area (Å²) in [5.74, 6) is -0.417. The maximum atomic E-state index is 12.1. The largest absolute Gasteiger partial charge is 0.272 e. The van der Waals surface area contributed by atoms with E-state index in [1.54, 1.807) is 43.3 Å². The van der Waals surface area contributed by atoms with Gasteiger partial charge in [-0.1, -0.05) is 59.1 Å². The van der Waals surface area contributed by atoms with E-state index in [1.165, 1.54) is 10.9 Å². The summed E-state index contributed by atoms with van der Waals surface area (Å²) in [5.41, 5.74) is 4.64. The smallest absolute Gasteiger partial charge is 0.267 e. The number of aryl methyl sites for hydroxylation is 1. The third-order valence-electron chi connectivity index (χ3n) is 3.61. The highest BCUT2D eigenvalue weighted by atomic mass is 35.5. The molecule has 1 heterocycles. The number of halogens is 3. The molecule has 0 atom stereocenters. The highest BCUT2D eigenvalue weighted by Gasteiger charge is 2.15. The van der Waals surface area contributed by atoms with Gasteiger partial charge in [0, 0.05) is 0 Å². The van der Waals surface area contributed by atoms with Gasteiger partial charge in [-0.05, 0) is 31.2 Å². The normalized spacial score (nSPS) is 11.1. The lowest BCUT2D eigenvalue weighted by Gasteiger charge is -2.05. The van der Waals surface area contributed by atoms with Crippen LogP contribution in [0.5, 0.6) is 0 Å². The number of nitrogens with one attached hydrogen (secondary N) is 1. The van der Waals surface area contributed by atoms with Gasteiger partial charge in [0.25, 0.3) is 5.91 Å². The van der Waals surface area contributed by atoms with E-state index < -0.39 is 5.91 Å². The number of benzene rings is 2. The second-order valence-corrected chi connectivity index (χ2v) is 6.50. The third kappa shape index (κ3) is 3.75. The highest BCUT2D eigenvalue weighted by Crippen LogP contribution is 2.26. The molecule has 0 saturated heterocycles. The number of hydrogen-bond donors (Lipinski definition) is 1. The molecule has 0 bridgehead atoms. The van der Waals surface area contributed by atoms with Crippen LogP contribution in [0.15, 0.2) is 53.6 Å². The number of hydrogen-bond acceptors (Lipinski definition) is 3. The Labute approximate surface area is 165 Å². The van der Waals surface area contributed by atoms with Gasteiger partial charge in [0.2, 0.25) is 0 Å². The first-order chi connectivity index (χ1) is 12.5. The average molecular weight is 408 g/mol. The van der Waals surface area contributed by atoms with Gasteiger partial charge in [-0.2, -0.15) is 10.2 Å². The molecule has 0 saturated carbocycles. The van der Waals surface area contributed by atoms with Gasteiger partial charge in [-0.15, -0.1) is 0 Å². The number of rotatable bonds is 4. The van der Waals surface area contributed by atoms with Crippen molar-refractivity contribution in [3.63, 3.8) is 0 Å². The molecule has 26 heavy (non-hydrogen) atoms. The maximum absolute atomic E-state index is 12.1. The molecule has 3 aromatic rings. The summed E-state index contributed by atoms with van der Waals surface area (Å²) in [5, 5.41) is 9.55. The van der Waals surface area contributed by atoms with E-state index in [0.29, 0.717) is 37.7 Å². The minimum atomic E-state index is -0.417. The monoisotopic (exact) mass is 406 g/mol. The van der Waals surface area contributed by atoms with Gasteiger partial charge in [0.05, 0.1) is 38.8 Å². The van der Waals surface area contributed by atoms with E-state index in [-0.39, 0.29) is 0 Å². The van der Waals surface area contributed by atoms with Crippen LogP contribution in [0, 0.1) is 6.92 Å². The summed E-state index contributed by atoms with van der Waals surface area (Å²) in [6.45, 7) is 1.79. The molecule has 0 aliphatic heterocycles. The first-order valence-corrected chi connectivity index (χ1v) is 8.70. The summed E-state index contributed by atoms with van der Waals surface area (Å²) in [7, 11) is 0. The molecule has 0 radical (unpaired) electrons. The molecule has 5 nitrogen and oxygen atoms in total. The minimum absolute atomic E-state index is 0.334. The lowest BCUT2D eigenvalue weighted by Crippen LogP contribution is -2.18. The van der Waals surface area contributed by atoms with Crippen LogP contribution in [0.1, 0.15) is 21.6 Å². The molecule has 8 heteroatoms. The molecule has 2 aromatic carbocycles. The second-order valence-electron chi connectivity index (χ2n) is 5.33. The molecule has 0 fully saturated rings. The van der Waals surface area contributed by atoms with Crippen LogP contribution in [0.3, 0.4) is 0 Å². The Kier molecular flexibility index (Phi) is 5.61. The van der Waals surface area contributed by atoms with E-state index in [1.807, 2.05) is 12.1 Å². The molecule has 0 aliphatic carbocycles. The lowest BCUT2D eigenvalue weighted by atomic mass is 10.2. The van der Waals surface area contributed by atoms with Crippen molar-refractivity contribution >= 4 is 46.9 Å². The fourth-order valence-electron chi connectivity index (χ4n) is 2.30. The van der Waals surface area contributed by atoms with Crippen LogP contribution in [0.25, 0.3) is 5.69 Å². The van der Waals surface area contributed by atoms with E-state index in [9.17, 15) is 4.79 Å². The molecular formula is C18H13Cl3N4O. The van der Waals surface area contributed by atoms with E-state index >= 15 is 0 Å². The predicted octanol–water partition coefficient (Wildman–Crippen LogP) is 4.90. The Bertz CT molecular complexity index is 998. The predicted molar refractivity (Wildman–Crippen MR) is 105 cm³/mol. The van der Waals surface area contributed by atoms with Crippen molar-refractivity contribution in [1.82, 2.24) is 15.2 Å². The Hall–Kier alpha value is -2.34. The molecular weight excluding hydrogens is 395 g/mol. The van der Waals surface area contributed by atoms with E-state index in [0.717, 1.165) is 0 Å². The van der Waals surface area contributed by atoms with Crippen LogP contribution in [0.4, 0.5) is 0 Å². The lowest BCUT2D eigenvalue weighted by molar-refractivity contribution is 0.0955. The van der Waals surface area contributed by atoms with Crippen LogP contribution in [0.2, 0.25) is 15.2 Å². The van der Waals surface area contributed by atoms with Gasteiger partial charge < -0.3 is 0 Å². The summed E-state index contributed by atoms with van der Waals surface area (Å²) in [6.07, 6.45) is 1.44. The Morgan fingerprint density at radius 3 is 2.42 bits per heavy atom. The Balaban J connectivity index is 1.83. The summed E-state index contributed by atoms with van der Waals surface area (Å²) < 4.78 is 1.52. The Morgan fingerprint density at radius 2 is 1.73 bits per heavy atom. The minimum Gasteiger partial charge on any atom is -0.267 e. The molecule has 132 valence electrons. The maximum Gasteiger partial charge on any atom is 0.272 e. The summed E-state index contributed by atoms with van der Waals surface area (Å²) in [4.78, 5) is 12.1. The summed E-state index contributed by atoms with van der Waals surface area (Å²) >= 11 is 18.6. The number of nitrogens with zero attached hydrogens (tertiary/aromatic N) is 3. The van der Waals surface area contributed by atoms with Crippen molar-refractivity contribution in [2.75, 3.05) is 0 Å². The van der Waals surface area contributed by atoms with Crippen LogP contribution in [-0.4, -0.2) is 21.9 Å². The SMILES string of the molecule is Cc1nn(-c2ccccc2Cl)c(Cl)c1/C=N\NC(=O)c1ccccc1Cl. The quantitative estimate of drug-likeness (QED) is 0.494. The number of amides is 1. The zero-order valence-electron chi connectivity index (χ0n) is 13.6. The summed E-state index contributed by atoms with van der Waals surface area (Å²) in [6, 6.07) is 13.9. The van der Waals surface area contributed by atoms with Crippen LogP contribution in [-0.2, 0) is 0 Å². The standard InChI is InChI=1S/C18H13Cl3N4O/c1-11-13(10-22-23-18(26)12-6-2-3-7-14(12)19)17(21)25(24-11)16-9-5-4-8-15(16)20/h2-10H,1H3,(H,23,26)/b22-10-.